The highest BCUT2D eigenvalue weighted by Crippen LogP contribution is 2.39. The van der Waals surface area contributed by atoms with Gasteiger partial charge in [0.2, 0.25) is 5.76 Å². The van der Waals surface area contributed by atoms with Gasteiger partial charge in [0.05, 0.1) is 5.71 Å². The van der Waals surface area contributed by atoms with E-state index in [9.17, 15) is 13.2 Å². The second-order valence-electron chi connectivity index (χ2n) is 3.95. The van der Waals surface area contributed by atoms with Crippen LogP contribution in [0.5, 0.6) is 5.75 Å². The average molecular weight is 269 g/mol. The smallest absolute Gasteiger partial charge is 0.449 e. The number of oxime groups is 1. The third-order valence-electron chi connectivity index (χ3n) is 2.51. The molecule has 0 radical (unpaired) electrons. The lowest BCUT2D eigenvalue weighted by atomic mass is 10.00. The molecule has 0 spiro atoms. The first-order valence-electron chi connectivity index (χ1n) is 5.38. The molecule has 0 unspecified atom stereocenters. The van der Waals surface area contributed by atoms with E-state index in [-0.39, 0.29) is 17.0 Å². The van der Waals surface area contributed by atoms with Gasteiger partial charge in [-0.3, -0.25) is 0 Å². The van der Waals surface area contributed by atoms with Gasteiger partial charge in [-0.15, -0.1) is 0 Å². The van der Waals surface area contributed by atoms with Gasteiger partial charge in [-0.25, -0.2) is 0 Å². The Balaban J connectivity index is 2.56. The van der Waals surface area contributed by atoms with Crippen LogP contribution in [0.25, 0.3) is 5.57 Å². The van der Waals surface area contributed by atoms with Crippen molar-refractivity contribution in [2.45, 2.75) is 13.1 Å². The predicted octanol–water partition coefficient (Wildman–Crippen LogP) is 3.76. The first-order chi connectivity index (χ1) is 8.91. The first kappa shape index (κ1) is 13.2. The van der Waals surface area contributed by atoms with Crippen LogP contribution in [0.1, 0.15) is 12.5 Å². The minimum atomic E-state index is -4.57. The minimum absolute atomic E-state index is 0.120. The molecule has 0 fully saturated rings. The molecule has 1 aliphatic rings. The summed E-state index contributed by atoms with van der Waals surface area (Å²) >= 11 is 0. The van der Waals surface area contributed by atoms with Crippen molar-refractivity contribution >= 4 is 11.3 Å². The molecule has 0 atom stereocenters. The molecule has 1 aliphatic heterocycles. The van der Waals surface area contributed by atoms with E-state index >= 15 is 0 Å². The topological polar surface area (TPSA) is 41.8 Å². The summed E-state index contributed by atoms with van der Waals surface area (Å²) in [7, 11) is 0. The van der Waals surface area contributed by atoms with Crippen molar-refractivity contribution in [2.75, 3.05) is 0 Å². The number of nitrogens with zero attached hydrogens (tertiary/aromatic N) is 1. The maximum Gasteiger partial charge on any atom is 0.449 e. The number of alkyl halides is 3. The Morgan fingerprint density at radius 3 is 2.63 bits per heavy atom. The van der Waals surface area contributed by atoms with E-state index in [1.54, 1.807) is 18.2 Å². The van der Waals surface area contributed by atoms with Gasteiger partial charge in [0, 0.05) is 5.56 Å². The van der Waals surface area contributed by atoms with Crippen LogP contribution in [0.2, 0.25) is 0 Å². The van der Waals surface area contributed by atoms with Crippen LogP contribution in [0, 0.1) is 0 Å². The lowest BCUT2D eigenvalue weighted by molar-refractivity contribution is -0.116. The lowest BCUT2D eigenvalue weighted by Gasteiger charge is -2.21. The van der Waals surface area contributed by atoms with E-state index in [1.807, 2.05) is 0 Å². The SMILES string of the molecule is CC(/C=C1/C=C(C(F)(F)F)Oc2ccccc21)=N\O. The number of rotatable bonds is 1. The molecule has 1 aromatic rings. The van der Waals surface area contributed by atoms with Crippen LogP contribution in [0.15, 0.2) is 47.3 Å². The summed E-state index contributed by atoms with van der Waals surface area (Å²) in [5.74, 6) is -0.975. The standard InChI is InChI=1S/C13H10F3NO2/c1-8(17-18)6-9-7-12(13(14,15)16)19-11-5-3-2-4-10(9)11/h2-7,18H,1H3/b9-6-,17-8+. The quantitative estimate of drug-likeness (QED) is 0.479. The zero-order valence-electron chi connectivity index (χ0n) is 9.90. The number of hydrogen-bond acceptors (Lipinski definition) is 3. The van der Waals surface area contributed by atoms with Crippen molar-refractivity contribution in [2.24, 2.45) is 5.16 Å². The summed E-state index contributed by atoms with van der Waals surface area (Å²) in [6.07, 6.45) is -2.33. The van der Waals surface area contributed by atoms with Crippen LogP contribution in [0.3, 0.4) is 0 Å². The molecular formula is C13H10F3NO2. The van der Waals surface area contributed by atoms with Gasteiger partial charge in [-0.1, -0.05) is 23.4 Å². The van der Waals surface area contributed by atoms with E-state index in [2.05, 4.69) is 5.16 Å². The fraction of sp³-hybridized carbons (Fsp3) is 0.154. The molecular weight excluding hydrogens is 259 g/mol. The van der Waals surface area contributed by atoms with Crippen molar-refractivity contribution in [1.82, 2.24) is 0 Å². The van der Waals surface area contributed by atoms with E-state index in [4.69, 9.17) is 9.94 Å². The van der Waals surface area contributed by atoms with Crippen LogP contribution in [-0.2, 0) is 0 Å². The molecule has 0 saturated heterocycles. The second kappa shape index (κ2) is 4.79. The number of halogens is 3. The first-order valence-corrected chi connectivity index (χ1v) is 5.38. The summed E-state index contributed by atoms with van der Waals surface area (Å²) in [5.41, 5.74) is 0.993. The van der Waals surface area contributed by atoms with Gasteiger partial charge >= 0.3 is 6.18 Å². The normalized spacial score (nSPS) is 17.8. The Morgan fingerprint density at radius 2 is 2.00 bits per heavy atom. The summed E-state index contributed by atoms with van der Waals surface area (Å²) in [4.78, 5) is 0. The Labute approximate surface area is 107 Å². The summed E-state index contributed by atoms with van der Waals surface area (Å²) < 4.78 is 43.0. The lowest BCUT2D eigenvalue weighted by Crippen LogP contribution is -2.20. The molecule has 19 heavy (non-hydrogen) atoms. The molecule has 100 valence electrons. The largest absolute Gasteiger partial charge is 0.451 e. The summed E-state index contributed by atoms with van der Waals surface area (Å²) in [6.45, 7) is 1.48. The minimum Gasteiger partial charge on any atom is -0.451 e. The molecule has 3 nitrogen and oxygen atoms in total. The van der Waals surface area contributed by atoms with Crippen molar-refractivity contribution in [3.05, 3.63) is 47.7 Å². The molecule has 0 saturated carbocycles. The van der Waals surface area contributed by atoms with Gasteiger partial charge < -0.3 is 9.94 Å². The zero-order chi connectivity index (χ0) is 14.0. The number of benzene rings is 1. The van der Waals surface area contributed by atoms with E-state index in [1.165, 1.54) is 19.1 Å². The van der Waals surface area contributed by atoms with Gasteiger partial charge in [0.1, 0.15) is 5.75 Å². The van der Waals surface area contributed by atoms with E-state index < -0.39 is 11.9 Å². The number of para-hydroxylation sites is 1. The van der Waals surface area contributed by atoms with Crippen LogP contribution < -0.4 is 4.74 Å². The molecule has 0 amide bonds. The second-order valence-corrected chi connectivity index (χ2v) is 3.95. The molecule has 2 rings (SSSR count). The van der Waals surface area contributed by atoms with Crippen LogP contribution >= 0.6 is 0 Å². The van der Waals surface area contributed by atoms with E-state index in [0.29, 0.717) is 5.56 Å². The molecule has 6 heteroatoms. The molecule has 0 aliphatic carbocycles. The molecule has 1 aromatic carbocycles. The van der Waals surface area contributed by atoms with Gasteiger partial charge in [0.25, 0.3) is 0 Å². The fourth-order valence-corrected chi connectivity index (χ4v) is 1.67. The average Bonchev–Trinajstić information content (AvgIpc) is 2.37. The number of ether oxygens (including phenoxy) is 1. The summed E-state index contributed by atoms with van der Waals surface area (Å²) in [5, 5.41) is 11.5. The molecule has 1 heterocycles. The van der Waals surface area contributed by atoms with Gasteiger partial charge in [-0.05, 0) is 30.7 Å². The van der Waals surface area contributed by atoms with E-state index in [0.717, 1.165) is 6.08 Å². The highest BCUT2D eigenvalue weighted by molar-refractivity contribution is 6.01. The zero-order valence-corrected chi connectivity index (χ0v) is 9.90. The monoisotopic (exact) mass is 269 g/mol. The van der Waals surface area contributed by atoms with Gasteiger partial charge in [-0.2, -0.15) is 13.2 Å². The number of allylic oxidation sites excluding steroid dienone is 4. The third-order valence-corrected chi connectivity index (χ3v) is 2.51. The predicted molar refractivity (Wildman–Crippen MR) is 64.1 cm³/mol. The Hall–Kier alpha value is -2.24. The number of hydrogen-bond donors (Lipinski definition) is 1. The number of fused-ring (bicyclic) bond motifs is 1. The maximum absolute atomic E-state index is 12.7. The van der Waals surface area contributed by atoms with Crippen molar-refractivity contribution in [3.8, 4) is 5.75 Å². The summed E-state index contributed by atoms with van der Waals surface area (Å²) in [6, 6.07) is 6.36. The highest BCUT2D eigenvalue weighted by atomic mass is 19.4. The van der Waals surface area contributed by atoms with Crippen LogP contribution in [-0.4, -0.2) is 17.1 Å². The fourth-order valence-electron chi connectivity index (χ4n) is 1.67. The Kier molecular flexibility index (Phi) is 3.33. The molecule has 0 aromatic heterocycles. The maximum atomic E-state index is 12.7. The Bertz CT molecular complexity index is 586. The van der Waals surface area contributed by atoms with Crippen LogP contribution in [0.4, 0.5) is 13.2 Å². The molecule has 1 N–H and O–H groups in total. The third kappa shape index (κ3) is 2.78. The Morgan fingerprint density at radius 1 is 1.32 bits per heavy atom. The highest BCUT2D eigenvalue weighted by Gasteiger charge is 2.38. The van der Waals surface area contributed by atoms with Crippen molar-refractivity contribution in [3.63, 3.8) is 0 Å². The van der Waals surface area contributed by atoms with Crippen molar-refractivity contribution < 1.29 is 23.1 Å². The van der Waals surface area contributed by atoms with Gasteiger partial charge in [0.15, 0.2) is 0 Å². The van der Waals surface area contributed by atoms with Crippen molar-refractivity contribution in [1.29, 1.82) is 0 Å². The molecule has 0 bridgehead atoms.